The van der Waals surface area contributed by atoms with Crippen LogP contribution in [-0.4, -0.2) is 46.8 Å². The van der Waals surface area contributed by atoms with Crippen LogP contribution in [0, 0.1) is 5.92 Å². The number of nitrogens with one attached hydrogen (secondary N) is 2. The highest BCUT2D eigenvalue weighted by atomic mass is 32.1. The maximum absolute atomic E-state index is 11.8. The number of carboxylic acids is 1. The molecule has 0 fully saturated rings. The Morgan fingerprint density at radius 2 is 1.70 bits per heavy atom. The molecule has 2 amide bonds. The first kappa shape index (κ1) is 18.7. The van der Waals surface area contributed by atoms with Crippen molar-refractivity contribution < 1.29 is 19.5 Å². The second kappa shape index (κ2) is 8.80. The molecule has 0 aromatic rings. The molecule has 0 aromatic heterocycles. The number of hydrogen-bond acceptors (Lipinski definition) is 5. The zero-order valence-corrected chi connectivity index (χ0v) is 12.8. The van der Waals surface area contributed by atoms with Crippen LogP contribution in [0.15, 0.2) is 0 Å². The molecule has 116 valence electrons. The number of rotatable bonds is 8. The highest BCUT2D eigenvalue weighted by molar-refractivity contribution is 7.80. The van der Waals surface area contributed by atoms with E-state index < -0.39 is 35.9 Å². The van der Waals surface area contributed by atoms with Gasteiger partial charge in [-0.1, -0.05) is 13.8 Å². The van der Waals surface area contributed by atoms with E-state index in [1.807, 2.05) is 13.8 Å². The fourth-order valence-electron chi connectivity index (χ4n) is 1.46. The van der Waals surface area contributed by atoms with Gasteiger partial charge in [0.25, 0.3) is 0 Å². The molecule has 0 aromatic carbocycles. The van der Waals surface area contributed by atoms with Gasteiger partial charge in [-0.25, -0.2) is 0 Å². The third-order valence-electron chi connectivity index (χ3n) is 2.61. The first-order valence-electron chi connectivity index (χ1n) is 6.39. The van der Waals surface area contributed by atoms with Crippen LogP contribution >= 0.6 is 12.6 Å². The summed E-state index contributed by atoms with van der Waals surface area (Å²) in [4.78, 5) is 34.3. The van der Waals surface area contributed by atoms with Crippen molar-refractivity contribution in [3.05, 3.63) is 0 Å². The average molecular weight is 305 g/mol. The van der Waals surface area contributed by atoms with Crippen molar-refractivity contribution in [1.29, 1.82) is 0 Å². The topological polar surface area (TPSA) is 122 Å². The number of nitrogens with two attached hydrogens (primary N) is 1. The van der Waals surface area contributed by atoms with Gasteiger partial charge >= 0.3 is 5.97 Å². The van der Waals surface area contributed by atoms with E-state index in [1.54, 1.807) is 0 Å². The molecule has 0 rings (SSSR count). The highest BCUT2D eigenvalue weighted by Gasteiger charge is 2.25. The number of amides is 2. The van der Waals surface area contributed by atoms with Gasteiger partial charge in [0, 0.05) is 5.75 Å². The van der Waals surface area contributed by atoms with Crippen LogP contribution < -0.4 is 16.4 Å². The molecule has 7 nitrogen and oxygen atoms in total. The lowest BCUT2D eigenvalue weighted by Crippen LogP contribution is -2.54. The van der Waals surface area contributed by atoms with Gasteiger partial charge in [-0.3, -0.25) is 14.4 Å². The van der Waals surface area contributed by atoms with Crippen LogP contribution in [0.3, 0.4) is 0 Å². The molecule has 3 atom stereocenters. The number of thiol groups is 1. The van der Waals surface area contributed by atoms with E-state index in [0.29, 0.717) is 6.42 Å². The smallest absolute Gasteiger partial charge is 0.325 e. The van der Waals surface area contributed by atoms with Crippen molar-refractivity contribution in [2.24, 2.45) is 11.7 Å². The van der Waals surface area contributed by atoms with E-state index in [4.69, 9.17) is 10.8 Å². The summed E-state index contributed by atoms with van der Waals surface area (Å²) in [6, 6.07) is -2.65. The van der Waals surface area contributed by atoms with Gasteiger partial charge in [-0.05, 0) is 19.3 Å². The molecule has 8 heteroatoms. The summed E-state index contributed by atoms with van der Waals surface area (Å²) < 4.78 is 0. The molecule has 0 spiro atoms. The van der Waals surface area contributed by atoms with Gasteiger partial charge in [-0.2, -0.15) is 12.6 Å². The molecule has 3 unspecified atom stereocenters. The minimum absolute atomic E-state index is 0.0539. The standard InChI is InChI=1S/C12H23N3O4S/c1-6(2)4-8(13)10(16)15-9(5-20)11(17)14-7(3)12(18)19/h6-9,20H,4-5,13H2,1-3H3,(H,14,17)(H,15,16)(H,18,19). The van der Waals surface area contributed by atoms with E-state index in [2.05, 4.69) is 23.3 Å². The largest absolute Gasteiger partial charge is 0.480 e. The molecule has 0 aliphatic carbocycles. The van der Waals surface area contributed by atoms with Gasteiger partial charge in [0.2, 0.25) is 11.8 Å². The first-order valence-corrected chi connectivity index (χ1v) is 7.02. The number of carbonyl (C=O) groups excluding carboxylic acids is 2. The Morgan fingerprint density at radius 3 is 2.10 bits per heavy atom. The quantitative estimate of drug-likeness (QED) is 0.382. The molecule has 0 saturated carbocycles. The monoisotopic (exact) mass is 305 g/mol. The molecule has 0 saturated heterocycles. The van der Waals surface area contributed by atoms with Crippen LogP contribution in [0.25, 0.3) is 0 Å². The number of hydrogen-bond donors (Lipinski definition) is 5. The lowest BCUT2D eigenvalue weighted by molar-refractivity contribution is -0.141. The van der Waals surface area contributed by atoms with Gasteiger partial charge in [0.15, 0.2) is 0 Å². The molecular weight excluding hydrogens is 282 g/mol. The summed E-state index contributed by atoms with van der Waals surface area (Å²) in [5.41, 5.74) is 5.71. The predicted molar refractivity (Wildman–Crippen MR) is 78.5 cm³/mol. The third kappa shape index (κ3) is 6.76. The fourth-order valence-corrected chi connectivity index (χ4v) is 1.72. The van der Waals surface area contributed by atoms with Crippen molar-refractivity contribution in [2.75, 3.05) is 5.75 Å². The molecule has 0 heterocycles. The molecule has 0 aliphatic rings. The van der Waals surface area contributed by atoms with Crippen molar-refractivity contribution in [2.45, 2.75) is 45.3 Å². The normalized spacial score (nSPS) is 15.3. The fraction of sp³-hybridized carbons (Fsp3) is 0.750. The van der Waals surface area contributed by atoms with Crippen molar-refractivity contribution in [1.82, 2.24) is 10.6 Å². The number of carboxylic acid groups (broad SMARTS) is 1. The average Bonchev–Trinajstić information content (AvgIpc) is 2.34. The number of aliphatic carboxylic acids is 1. The van der Waals surface area contributed by atoms with Gasteiger partial charge < -0.3 is 21.5 Å². The van der Waals surface area contributed by atoms with Crippen LogP contribution in [0.1, 0.15) is 27.2 Å². The second-order valence-electron chi connectivity index (χ2n) is 5.05. The predicted octanol–water partition coefficient (Wildman–Crippen LogP) is -0.636. The Labute approximate surface area is 124 Å². The molecule has 0 bridgehead atoms. The Kier molecular flexibility index (Phi) is 8.24. The zero-order chi connectivity index (χ0) is 15.9. The van der Waals surface area contributed by atoms with Crippen LogP contribution in [0.2, 0.25) is 0 Å². The number of carbonyl (C=O) groups is 3. The molecule has 0 radical (unpaired) electrons. The Morgan fingerprint density at radius 1 is 1.15 bits per heavy atom. The molecule has 0 aliphatic heterocycles. The lowest BCUT2D eigenvalue weighted by Gasteiger charge is -2.21. The zero-order valence-electron chi connectivity index (χ0n) is 11.9. The Bertz CT molecular complexity index is 363. The minimum atomic E-state index is -1.15. The van der Waals surface area contributed by atoms with Crippen molar-refractivity contribution in [3.8, 4) is 0 Å². The highest BCUT2D eigenvalue weighted by Crippen LogP contribution is 2.03. The van der Waals surface area contributed by atoms with E-state index in [-0.39, 0.29) is 11.7 Å². The Balaban J connectivity index is 4.50. The van der Waals surface area contributed by atoms with Gasteiger partial charge in [0.1, 0.15) is 12.1 Å². The van der Waals surface area contributed by atoms with Crippen molar-refractivity contribution in [3.63, 3.8) is 0 Å². The van der Waals surface area contributed by atoms with Crippen molar-refractivity contribution >= 4 is 30.4 Å². The van der Waals surface area contributed by atoms with Crippen LogP contribution in [0.5, 0.6) is 0 Å². The molecular formula is C12H23N3O4S. The molecule has 20 heavy (non-hydrogen) atoms. The van der Waals surface area contributed by atoms with E-state index in [9.17, 15) is 14.4 Å². The Hall–Kier alpha value is -1.28. The van der Waals surface area contributed by atoms with E-state index in [0.717, 1.165) is 0 Å². The molecule has 5 N–H and O–H groups in total. The summed E-state index contributed by atoms with van der Waals surface area (Å²) in [6.45, 7) is 5.21. The first-order chi connectivity index (χ1) is 9.18. The summed E-state index contributed by atoms with van der Waals surface area (Å²) in [5, 5.41) is 13.5. The maximum atomic E-state index is 11.8. The minimum Gasteiger partial charge on any atom is -0.480 e. The lowest BCUT2D eigenvalue weighted by atomic mass is 10.0. The van der Waals surface area contributed by atoms with Crippen LogP contribution in [0.4, 0.5) is 0 Å². The third-order valence-corrected chi connectivity index (χ3v) is 2.97. The second-order valence-corrected chi connectivity index (χ2v) is 5.41. The summed E-state index contributed by atoms with van der Waals surface area (Å²) >= 11 is 3.98. The summed E-state index contributed by atoms with van der Waals surface area (Å²) in [6.07, 6.45) is 0.498. The SMILES string of the molecule is CC(C)CC(N)C(=O)NC(CS)C(=O)NC(C)C(=O)O. The van der Waals surface area contributed by atoms with E-state index >= 15 is 0 Å². The summed E-state index contributed by atoms with van der Waals surface area (Å²) in [7, 11) is 0. The van der Waals surface area contributed by atoms with Gasteiger partial charge in [-0.15, -0.1) is 0 Å². The van der Waals surface area contributed by atoms with E-state index in [1.165, 1.54) is 6.92 Å². The van der Waals surface area contributed by atoms with Crippen LogP contribution in [-0.2, 0) is 14.4 Å². The summed E-state index contributed by atoms with van der Waals surface area (Å²) in [5.74, 6) is -1.89. The van der Waals surface area contributed by atoms with Gasteiger partial charge in [0.05, 0.1) is 6.04 Å². The maximum Gasteiger partial charge on any atom is 0.325 e.